The zero-order valence-corrected chi connectivity index (χ0v) is 14.0. The molecule has 4 nitrogen and oxygen atoms in total. The number of benzene rings is 1. The SMILES string of the molecule is CC[C@H](N)C(=O)Nc1ccc(Cc2ccncc2)cc1.Cl.Cl. The molecule has 1 aromatic carbocycles. The van der Waals surface area contributed by atoms with E-state index in [4.69, 9.17) is 5.73 Å². The molecule has 1 aromatic heterocycles. The molecule has 0 unspecified atom stereocenters. The van der Waals surface area contributed by atoms with Gasteiger partial charge in [-0.3, -0.25) is 9.78 Å². The molecule has 1 atom stereocenters. The topological polar surface area (TPSA) is 68.0 Å². The highest BCUT2D eigenvalue weighted by molar-refractivity contribution is 5.94. The van der Waals surface area contributed by atoms with Crippen LogP contribution in [0.5, 0.6) is 0 Å². The summed E-state index contributed by atoms with van der Waals surface area (Å²) in [5, 5.41) is 2.81. The molecule has 1 amide bonds. The second-order valence-electron chi connectivity index (χ2n) is 4.73. The van der Waals surface area contributed by atoms with Gasteiger partial charge in [0.15, 0.2) is 0 Å². The molecule has 0 aliphatic rings. The van der Waals surface area contributed by atoms with Gasteiger partial charge in [0, 0.05) is 18.1 Å². The number of aromatic nitrogens is 1. The number of nitrogens with two attached hydrogens (primary N) is 1. The molecule has 0 saturated heterocycles. The van der Waals surface area contributed by atoms with Crippen molar-refractivity contribution in [3.8, 4) is 0 Å². The molecule has 0 saturated carbocycles. The van der Waals surface area contributed by atoms with Crippen molar-refractivity contribution in [2.75, 3.05) is 5.32 Å². The quantitative estimate of drug-likeness (QED) is 0.877. The molecule has 0 fully saturated rings. The first-order valence-corrected chi connectivity index (χ1v) is 6.73. The van der Waals surface area contributed by atoms with Gasteiger partial charge in [-0.2, -0.15) is 0 Å². The normalized spacial score (nSPS) is 10.8. The van der Waals surface area contributed by atoms with Crippen molar-refractivity contribution < 1.29 is 4.79 Å². The summed E-state index contributed by atoms with van der Waals surface area (Å²) >= 11 is 0. The minimum atomic E-state index is -0.452. The van der Waals surface area contributed by atoms with Gasteiger partial charge in [-0.25, -0.2) is 0 Å². The molecule has 0 bridgehead atoms. The number of pyridine rings is 1. The maximum absolute atomic E-state index is 11.7. The molecule has 120 valence electrons. The summed E-state index contributed by atoms with van der Waals surface area (Å²) in [6.45, 7) is 1.89. The van der Waals surface area contributed by atoms with E-state index < -0.39 is 6.04 Å². The number of carbonyl (C=O) groups is 1. The Balaban J connectivity index is 0.00000220. The molecule has 0 spiro atoms. The number of halogens is 2. The van der Waals surface area contributed by atoms with Gasteiger partial charge >= 0.3 is 0 Å². The Hall–Kier alpha value is -1.62. The second-order valence-corrected chi connectivity index (χ2v) is 4.73. The lowest BCUT2D eigenvalue weighted by atomic mass is 10.1. The molecule has 0 aliphatic heterocycles. The average molecular weight is 342 g/mol. The summed E-state index contributed by atoms with van der Waals surface area (Å²) in [6, 6.07) is 11.4. The van der Waals surface area contributed by atoms with Crippen LogP contribution < -0.4 is 11.1 Å². The second kappa shape index (κ2) is 10.2. The zero-order chi connectivity index (χ0) is 14.4. The van der Waals surface area contributed by atoms with Gasteiger partial charge in [0.05, 0.1) is 6.04 Å². The maximum Gasteiger partial charge on any atom is 0.241 e. The van der Waals surface area contributed by atoms with E-state index in [0.29, 0.717) is 6.42 Å². The lowest BCUT2D eigenvalue weighted by Crippen LogP contribution is -2.34. The third kappa shape index (κ3) is 6.02. The molecule has 3 N–H and O–H groups in total. The average Bonchev–Trinajstić information content (AvgIpc) is 2.49. The van der Waals surface area contributed by atoms with Crippen LogP contribution in [0.15, 0.2) is 48.8 Å². The van der Waals surface area contributed by atoms with E-state index in [1.807, 2.05) is 43.3 Å². The zero-order valence-electron chi connectivity index (χ0n) is 12.4. The summed E-state index contributed by atoms with van der Waals surface area (Å²) < 4.78 is 0. The largest absolute Gasteiger partial charge is 0.325 e. The third-order valence-corrected chi connectivity index (χ3v) is 3.16. The molecule has 1 heterocycles. The van der Waals surface area contributed by atoms with E-state index in [-0.39, 0.29) is 30.7 Å². The van der Waals surface area contributed by atoms with Crippen LogP contribution in [0.25, 0.3) is 0 Å². The first-order valence-electron chi connectivity index (χ1n) is 6.73. The molecule has 2 rings (SSSR count). The van der Waals surface area contributed by atoms with Crippen molar-refractivity contribution in [2.24, 2.45) is 5.73 Å². The highest BCUT2D eigenvalue weighted by atomic mass is 35.5. The van der Waals surface area contributed by atoms with Crippen molar-refractivity contribution in [3.05, 3.63) is 59.9 Å². The summed E-state index contributed by atoms with van der Waals surface area (Å²) in [6.07, 6.45) is 5.06. The Morgan fingerprint density at radius 3 is 2.18 bits per heavy atom. The molecule has 22 heavy (non-hydrogen) atoms. The number of anilines is 1. The predicted octanol–water partition coefficient (Wildman–Crippen LogP) is 3.19. The van der Waals surface area contributed by atoms with Crippen molar-refractivity contribution in [2.45, 2.75) is 25.8 Å². The number of amides is 1. The van der Waals surface area contributed by atoms with E-state index in [2.05, 4.69) is 10.3 Å². The Kier molecular flexibility index (Phi) is 9.42. The fourth-order valence-corrected chi connectivity index (χ4v) is 1.86. The van der Waals surface area contributed by atoms with Crippen molar-refractivity contribution in [1.29, 1.82) is 0 Å². The van der Waals surface area contributed by atoms with Crippen LogP contribution in [0.1, 0.15) is 24.5 Å². The summed E-state index contributed by atoms with van der Waals surface area (Å²) in [7, 11) is 0. The van der Waals surface area contributed by atoms with Gasteiger partial charge in [-0.05, 0) is 48.2 Å². The van der Waals surface area contributed by atoms with Crippen LogP contribution in [-0.4, -0.2) is 16.9 Å². The monoisotopic (exact) mass is 341 g/mol. The Bertz CT molecular complexity index is 561. The van der Waals surface area contributed by atoms with Crippen molar-refractivity contribution in [3.63, 3.8) is 0 Å². The first-order chi connectivity index (χ1) is 9.69. The lowest BCUT2D eigenvalue weighted by molar-refractivity contribution is -0.117. The Labute approximate surface area is 143 Å². The number of hydrogen-bond acceptors (Lipinski definition) is 3. The molecule has 6 heteroatoms. The number of carbonyl (C=O) groups excluding carboxylic acids is 1. The van der Waals surface area contributed by atoms with Gasteiger partial charge in [-0.1, -0.05) is 19.1 Å². The number of nitrogens with one attached hydrogen (secondary N) is 1. The number of nitrogens with zero attached hydrogens (tertiary/aromatic N) is 1. The van der Waals surface area contributed by atoms with Gasteiger partial charge in [0.1, 0.15) is 0 Å². The van der Waals surface area contributed by atoms with Crippen molar-refractivity contribution >= 4 is 36.4 Å². The van der Waals surface area contributed by atoms with Crippen LogP contribution in [0.2, 0.25) is 0 Å². The lowest BCUT2D eigenvalue weighted by Gasteiger charge is -2.10. The highest BCUT2D eigenvalue weighted by Gasteiger charge is 2.10. The minimum Gasteiger partial charge on any atom is -0.325 e. The number of hydrogen-bond donors (Lipinski definition) is 2. The molecular formula is C16H21Cl2N3O. The molecule has 2 aromatic rings. The molecular weight excluding hydrogens is 321 g/mol. The van der Waals surface area contributed by atoms with E-state index in [1.54, 1.807) is 12.4 Å². The highest BCUT2D eigenvalue weighted by Crippen LogP contribution is 2.13. The summed E-state index contributed by atoms with van der Waals surface area (Å²) in [5.41, 5.74) is 8.86. The fraction of sp³-hybridized carbons (Fsp3) is 0.250. The van der Waals surface area contributed by atoms with Gasteiger partial charge in [-0.15, -0.1) is 24.8 Å². The van der Waals surface area contributed by atoms with Crippen LogP contribution in [0.4, 0.5) is 5.69 Å². The summed E-state index contributed by atoms with van der Waals surface area (Å²) in [5.74, 6) is -0.144. The smallest absolute Gasteiger partial charge is 0.241 e. The van der Waals surface area contributed by atoms with Crippen LogP contribution in [-0.2, 0) is 11.2 Å². The Morgan fingerprint density at radius 2 is 1.64 bits per heavy atom. The Morgan fingerprint density at radius 1 is 1.09 bits per heavy atom. The van der Waals surface area contributed by atoms with E-state index in [1.165, 1.54) is 11.1 Å². The van der Waals surface area contributed by atoms with E-state index in [0.717, 1.165) is 12.1 Å². The third-order valence-electron chi connectivity index (χ3n) is 3.16. The fourth-order valence-electron chi connectivity index (χ4n) is 1.86. The maximum atomic E-state index is 11.7. The standard InChI is InChI=1S/C16H19N3O.2ClH/c1-2-15(17)16(20)19-14-5-3-12(4-6-14)11-13-7-9-18-10-8-13;;/h3-10,15H,2,11,17H2,1H3,(H,19,20);2*1H/t15-;;/m0../s1. The minimum absolute atomic E-state index is 0. The van der Waals surface area contributed by atoms with E-state index >= 15 is 0 Å². The predicted molar refractivity (Wildman–Crippen MR) is 94.9 cm³/mol. The molecule has 0 radical (unpaired) electrons. The van der Waals surface area contributed by atoms with Crippen LogP contribution in [0, 0.1) is 0 Å². The molecule has 0 aliphatic carbocycles. The van der Waals surface area contributed by atoms with Crippen molar-refractivity contribution in [1.82, 2.24) is 4.98 Å². The van der Waals surface area contributed by atoms with Crippen LogP contribution >= 0.6 is 24.8 Å². The van der Waals surface area contributed by atoms with Gasteiger partial charge < -0.3 is 11.1 Å². The van der Waals surface area contributed by atoms with Crippen LogP contribution in [0.3, 0.4) is 0 Å². The van der Waals surface area contributed by atoms with Gasteiger partial charge in [0.2, 0.25) is 5.91 Å². The van der Waals surface area contributed by atoms with Gasteiger partial charge in [0.25, 0.3) is 0 Å². The summed E-state index contributed by atoms with van der Waals surface area (Å²) in [4.78, 5) is 15.7. The first kappa shape index (κ1) is 20.4. The van der Waals surface area contributed by atoms with E-state index in [9.17, 15) is 4.79 Å². The number of rotatable bonds is 5.